The van der Waals surface area contributed by atoms with Gasteiger partial charge >= 0.3 is 0 Å². The summed E-state index contributed by atoms with van der Waals surface area (Å²) in [5, 5.41) is 6.71. The van der Waals surface area contributed by atoms with Gasteiger partial charge in [0.25, 0.3) is 0 Å². The molecule has 1 saturated heterocycles. The summed E-state index contributed by atoms with van der Waals surface area (Å²) in [5.41, 5.74) is 0.824. The average molecular weight is 467 g/mol. The fourth-order valence-electron chi connectivity index (χ4n) is 3.19. The number of carbonyl (C=O) groups is 1. The molecule has 0 radical (unpaired) electrons. The third-order valence-corrected chi connectivity index (χ3v) is 5.60. The van der Waals surface area contributed by atoms with E-state index in [4.69, 9.17) is 16.3 Å². The summed E-state index contributed by atoms with van der Waals surface area (Å²) in [6.07, 6.45) is 2.63. The Balaban J connectivity index is 0.00000196. The number of nitrogens with zero attached hydrogens (tertiary/aromatic N) is 2. The van der Waals surface area contributed by atoms with E-state index in [9.17, 15) is 4.79 Å². The van der Waals surface area contributed by atoms with Crippen molar-refractivity contribution >= 4 is 53.7 Å². The molecule has 1 aromatic carbocycles. The molecule has 5 nitrogen and oxygen atoms in total. The van der Waals surface area contributed by atoms with Crippen molar-refractivity contribution < 1.29 is 9.53 Å². The lowest BCUT2D eigenvalue weighted by Gasteiger charge is -2.32. The quantitative estimate of drug-likeness (QED) is 0.664. The molecule has 2 aromatic rings. The molecule has 0 aliphatic carbocycles. The van der Waals surface area contributed by atoms with Crippen LogP contribution in [0.15, 0.2) is 29.6 Å². The number of likely N-dealkylation sites (tertiary alicyclic amines) is 1. The number of piperidine rings is 1. The van der Waals surface area contributed by atoms with Crippen molar-refractivity contribution in [2.45, 2.75) is 25.9 Å². The molecule has 1 fully saturated rings. The molecular weight excluding hydrogens is 441 g/mol. The number of rotatable bonds is 7. The number of ether oxygens (including phenoxy) is 1. The predicted molar refractivity (Wildman–Crippen MR) is 119 cm³/mol. The Morgan fingerprint density at radius 1 is 1.36 bits per heavy atom. The molecule has 1 N–H and O–H groups in total. The van der Waals surface area contributed by atoms with Gasteiger partial charge in [0.1, 0.15) is 17.4 Å². The number of halogens is 3. The summed E-state index contributed by atoms with van der Waals surface area (Å²) < 4.78 is 5.71. The number of carbonyl (C=O) groups excluding carboxylic acids is 1. The van der Waals surface area contributed by atoms with E-state index >= 15 is 0 Å². The molecule has 1 aliphatic heterocycles. The maximum atomic E-state index is 12.6. The van der Waals surface area contributed by atoms with Crippen LogP contribution in [0.4, 0.5) is 0 Å². The van der Waals surface area contributed by atoms with Gasteiger partial charge in [-0.25, -0.2) is 4.98 Å². The first-order chi connectivity index (χ1) is 12.6. The molecule has 1 aromatic heterocycles. The second-order valence-corrected chi connectivity index (χ2v) is 7.94. The predicted octanol–water partition coefficient (Wildman–Crippen LogP) is 4.22. The Morgan fingerprint density at radius 3 is 2.82 bits per heavy atom. The van der Waals surface area contributed by atoms with E-state index < -0.39 is 0 Å². The Bertz CT molecular complexity index is 725. The SMILES string of the molecule is CNCC1CCCN(C(=O)Cc2csc(COc3ccc(Cl)cc3)n2)C1.Cl.Cl. The Hall–Kier alpha value is -1.05. The molecule has 28 heavy (non-hydrogen) atoms. The number of thiazole rings is 1. The van der Waals surface area contributed by atoms with Gasteiger partial charge in [0.2, 0.25) is 5.91 Å². The largest absolute Gasteiger partial charge is 0.486 e. The van der Waals surface area contributed by atoms with Gasteiger partial charge in [-0.1, -0.05) is 11.6 Å². The van der Waals surface area contributed by atoms with Crippen molar-refractivity contribution in [1.82, 2.24) is 15.2 Å². The van der Waals surface area contributed by atoms with Crippen LogP contribution in [0.25, 0.3) is 0 Å². The standard InChI is InChI=1S/C19H24ClN3O2S.2ClH/c1-21-10-14-3-2-8-23(11-14)19(24)9-16-13-26-18(22-16)12-25-17-6-4-15(20)5-7-17;;/h4-7,13-14,21H,2-3,8-12H2,1H3;2*1H. The van der Waals surface area contributed by atoms with Gasteiger partial charge < -0.3 is 15.0 Å². The van der Waals surface area contributed by atoms with Crippen LogP contribution in [0.1, 0.15) is 23.5 Å². The van der Waals surface area contributed by atoms with Gasteiger partial charge in [-0.3, -0.25) is 4.79 Å². The van der Waals surface area contributed by atoms with Crippen LogP contribution in [0.2, 0.25) is 5.02 Å². The highest BCUT2D eigenvalue weighted by molar-refractivity contribution is 7.09. The number of hydrogen-bond donors (Lipinski definition) is 1. The monoisotopic (exact) mass is 465 g/mol. The molecule has 0 saturated carbocycles. The highest BCUT2D eigenvalue weighted by Crippen LogP contribution is 2.20. The average Bonchev–Trinajstić information content (AvgIpc) is 3.09. The highest BCUT2D eigenvalue weighted by atomic mass is 35.5. The molecule has 3 rings (SSSR count). The lowest BCUT2D eigenvalue weighted by atomic mass is 9.98. The van der Waals surface area contributed by atoms with E-state index in [1.54, 1.807) is 12.1 Å². The van der Waals surface area contributed by atoms with Crippen molar-refractivity contribution in [1.29, 1.82) is 0 Å². The summed E-state index contributed by atoms with van der Waals surface area (Å²) in [6.45, 7) is 3.06. The summed E-state index contributed by atoms with van der Waals surface area (Å²) in [6, 6.07) is 7.25. The van der Waals surface area contributed by atoms with Gasteiger partial charge in [-0.2, -0.15) is 0 Å². The Morgan fingerprint density at radius 2 is 2.11 bits per heavy atom. The van der Waals surface area contributed by atoms with Crippen LogP contribution in [0, 0.1) is 5.92 Å². The molecule has 1 amide bonds. The van der Waals surface area contributed by atoms with Gasteiger partial charge in [-0.05, 0) is 56.6 Å². The molecular formula is C19H26Cl3N3O2S. The van der Waals surface area contributed by atoms with Crippen molar-refractivity contribution in [3.63, 3.8) is 0 Å². The Kier molecular flexibility index (Phi) is 11.2. The van der Waals surface area contributed by atoms with Crippen LogP contribution >= 0.6 is 47.8 Å². The fraction of sp³-hybridized carbons (Fsp3) is 0.474. The normalized spacial score (nSPS) is 16.1. The number of amides is 1. The minimum atomic E-state index is 0. The smallest absolute Gasteiger partial charge is 0.228 e. The molecule has 156 valence electrons. The first-order valence-corrected chi connectivity index (χ1v) is 10.1. The number of nitrogens with one attached hydrogen (secondary N) is 1. The van der Waals surface area contributed by atoms with Crippen LogP contribution in [0.5, 0.6) is 5.75 Å². The minimum absolute atomic E-state index is 0. The second kappa shape index (κ2) is 12.5. The zero-order valence-electron chi connectivity index (χ0n) is 15.7. The van der Waals surface area contributed by atoms with Gasteiger partial charge in [0.15, 0.2) is 0 Å². The molecule has 0 spiro atoms. The van der Waals surface area contributed by atoms with Crippen LogP contribution in [-0.2, 0) is 17.8 Å². The van der Waals surface area contributed by atoms with E-state index in [1.165, 1.54) is 17.8 Å². The van der Waals surface area contributed by atoms with Gasteiger partial charge in [0.05, 0.1) is 12.1 Å². The van der Waals surface area contributed by atoms with Crippen molar-refractivity contribution in [2.75, 3.05) is 26.7 Å². The van der Waals surface area contributed by atoms with Crippen molar-refractivity contribution in [2.24, 2.45) is 5.92 Å². The molecule has 1 unspecified atom stereocenters. The lowest BCUT2D eigenvalue weighted by molar-refractivity contribution is -0.132. The van der Waals surface area contributed by atoms with E-state index in [-0.39, 0.29) is 30.7 Å². The van der Waals surface area contributed by atoms with E-state index in [1.807, 2.05) is 29.5 Å². The summed E-state index contributed by atoms with van der Waals surface area (Å²) >= 11 is 7.39. The molecule has 0 bridgehead atoms. The molecule has 1 atom stereocenters. The number of benzene rings is 1. The summed E-state index contributed by atoms with van der Waals surface area (Å²) in [4.78, 5) is 19.1. The van der Waals surface area contributed by atoms with E-state index in [0.29, 0.717) is 24.0 Å². The zero-order chi connectivity index (χ0) is 18.4. The van der Waals surface area contributed by atoms with Gasteiger partial charge in [0, 0.05) is 23.5 Å². The third-order valence-electron chi connectivity index (χ3n) is 4.47. The highest BCUT2D eigenvalue weighted by Gasteiger charge is 2.23. The maximum absolute atomic E-state index is 12.6. The minimum Gasteiger partial charge on any atom is -0.486 e. The molecule has 9 heteroatoms. The second-order valence-electron chi connectivity index (χ2n) is 6.56. The third kappa shape index (κ3) is 7.41. The lowest BCUT2D eigenvalue weighted by Crippen LogP contribution is -2.43. The first-order valence-electron chi connectivity index (χ1n) is 8.88. The van der Waals surface area contributed by atoms with Crippen LogP contribution in [-0.4, -0.2) is 42.5 Å². The van der Waals surface area contributed by atoms with E-state index in [0.717, 1.165) is 42.5 Å². The fourth-order valence-corrected chi connectivity index (χ4v) is 4.02. The van der Waals surface area contributed by atoms with E-state index in [2.05, 4.69) is 10.3 Å². The Labute approximate surface area is 187 Å². The van der Waals surface area contributed by atoms with Crippen molar-refractivity contribution in [3.8, 4) is 5.75 Å². The van der Waals surface area contributed by atoms with Crippen molar-refractivity contribution in [3.05, 3.63) is 45.4 Å². The van der Waals surface area contributed by atoms with Gasteiger partial charge in [-0.15, -0.1) is 36.2 Å². The maximum Gasteiger partial charge on any atom is 0.228 e. The first kappa shape index (κ1) is 25.0. The summed E-state index contributed by atoms with van der Waals surface area (Å²) in [7, 11) is 1.96. The summed E-state index contributed by atoms with van der Waals surface area (Å²) in [5.74, 6) is 1.48. The number of aromatic nitrogens is 1. The molecule has 1 aliphatic rings. The zero-order valence-corrected chi connectivity index (χ0v) is 18.9. The van der Waals surface area contributed by atoms with Crippen LogP contribution < -0.4 is 10.1 Å². The number of hydrogen-bond acceptors (Lipinski definition) is 5. The molecule has 2 heterocycles. The topological polar surface area (TPSA) is 54.5 Å². The van der Waals surface area contributed by atoms with Crippen LogP contribution in [0.3, 0.4) is 0 Å².